The van der Waals surface area contributed by atoms with E-state index in [4.69, 9.17) is 0 Å². The Morgan fingerprint density at radius 1 is 1.48 bits per heavy atom. The molecule has 1 aromatic heterocycles. The van der Waals surface area contributed by atoms with Gasteiger partial charge in [0.05, 0.1) is 17.9 Å². The third-order valence-electron chi connectivity index (χ3n) is 3.91. The van der Waals surface area contributed by atoms with Crippen LogP contribution in [0.5, 0.6) is 0 Å². The summed E-state index contributed by atoms with van der Waals surface area (Å²) in [7, 11) is -3.23. The van der Waals surface area contributed by atoms with Gasteiger partial charge in [0.2, 0.25) is 15.9 Å². The van der Waals surface area contributed by atoms with Crippen molar-refractivity contribution in [3.05, 3.63) is 21.9 Å². The first-order valence-electron chi connectivity index (χ1n) is 7.85. The van der Waals surface area contributed by atoms with E-state index in [1.165, 1.54) is 9.18 Å². The van der Waals surface area contributed by atoms with Gasteiger partial charge in [-0.25, -0.2) is 18.1 Å². The molecule has 0 spiro atoms. The summed E-state index contributed by atoms with van der Waals surface area (Å²) in [6.07, 6.45) is 4.00. The van der Waals surface area contributed by atoms with E-state index in [0.717, 1.165) is 11.3 Å². The second-order valence-electron chi connectivity index (χ2n) is 5.49. The number of amides is 1. The van der Waals surface area contributed by atoms with Crippen molar-refractivity contribution in [1.29, 1.82) is 0 Å². The molecule has 0 radical (unpaired) electrons. The summed E-state index contributed by atoms with van der Waals surface area (Å²) in [6.45, 7) is 4.46. The number of rotatable bonds is 6. The number of aryl methyl sites for hydroxylation is 1. The van der Waals surface area contributed by atoms with E-state index < -0.39 is 10.0 Å². The van der Waals surface area contributed by atoms with E-state index >= 15 is 0 Å². The lowest BCUT2D eigenvalue weighted by molar-refractivity contribution is -0.126. The fourth-order valence-corrected chi connectivity index (χ4v) is 4.50. The number of carbonyl (C=O) groups excluding carboxylic acids is 1. The highest BCUT2D eigenvalue weighted by molar-refractivity contribution is 7.89. The van der Waals surface area contributed by atoms with Crippen LogP contribution in [0.2, 0.25) is 0 Å². The topological polar surface area (TPSA) is 78.8 Å². The molecule has 23 heavy (non-hydrogen) atoms. The standard InChI is InChI=1S/C15H23N3O3S2/c1-3-13-7-8-14(22-13)10-16-17-15(19)12-6-5-9-18(11-12)23(20,21)4-2/h7-8,10,12H,3-6,9,11H2,1-2H3,(H,17,19)/b16-10-/t12-/m1/s1. The van der Waals surface area contributed by atoms with Gasteiger partial charge in [0.1, 0.15) is 0 Å². The van der Waals surface area contributed by atoms with Gasteiger partial charge in [-0.05, 0) is 38.3 Å². The molecule has 0 bridgehead atoms. The number of nitrogens with one attached hydrogen (secondary N) is 1. The van der Waals surface area contributed by atoms with Gasteiger partial charge >= 0.3 is 0 Å². The lowest BCUT2D eigenvalue weighted by Crippen LogP contribution is -2.45. The van der Waals surface area contributed by atoms with Gasteiger partial charge in [0.15, 0.2) is 0 Å². The van der Waals surface area contributed by atoms with E-state index in [1.54, 1.807) is 24.5 Å². The summed E-state index contributed by atoms with van der Waals surface area (Å²) >= 11 is 1.64. The van der Waals surface area contributed by atoms with E-state index in [-0.39, 0.29) is 24.1 Å². The number of thiophene rings is 1. The van der Waals surface area contributed by atoms with Gasteiger partial charge in [-0.2, -0.15) is 5.10 Å². The molecular formula is C15H23N3O3S2. The Morgan fingerprint density at radius 2 is 2.26 bits per heavy atom. The number of nitrogens with zero attached hydrogens (tertiary/aromatic N) is 2. The Kier molecular flexibility index (Phi) is 6.32. The smallest absolute Gasteiger partial charge is 0.244 e. The summed E-state index contributed by atoms with van der Waals surface area (Å²) < 4.78 is 25.3. The second kappa shape index (κ2) is 8.03. The van der Waals surface area contributed by atoms with Gasteiger partial charge in [-0.15, -0.1) is 11.3 Å². The van der Waals surface area contributed by atoms with Crippen molar-refractivity contribution in [3.63, 3.8) is 0 Å². The van der Waals surface area contributed by atoms with Gasteiger partial charge < -0.3 is 0 Å². The highest BCUT2D eigenvalue weighted by atomic mass is 32.2. The van der Waals surface area contributed by atoms with Crippen molar-refractivity contribution in [3.8, 4) is 0 Å². The Hall–Kier alpha value is -1.25. The molecule has 0 saturated carbocycles. The first-order valence-corrected chi connectivity index (χ1v) is 10.3. The van der Waals surface area contributed by atoms with E-state index in [0.29, 0.717) is 19.4 Å². The average molecular weight is 358 g/mol. The Bertz CT molecular complexity index is 667. The predicted molar refractivity (Wildman–Crippen MR) is 93.2 cm³/mol. The normalized spacial score (nSPS) is 20.0. The number of sulfonamides is 1. The molecule has 0 unspecified atom stereocenters. The third-order valence-corrected chi connectivity index (χ3v) is 6.92. The van der Waals surface area contributed by atoms with E-state index in [9.17, 15) is 13.2 Å². The molecule has 1 saturated heterocycles. The first-order chi connectivity index (χ1) is 11.0. The molecule has 1 N–H and O–H groups in total. The summed E-state index contributed by atoms with van der Waals surface area (Å²) in [5.74, 6) is -0.487. The number of hydrazone groups is 1. The van der Waals surface area contributed by atoms with Crippen LogP contribution in [0.1, 0.15) is 36.4 Å². The quantitative estimate of drug-likeness (QED) is 0.623. The van der Waals surface area contributed by atoms with Crippen molar-refractivity contribution in [2.75, 3.05) is 18.8 Å². The lowest BCUT2D eigenvalue weighted by atomic mass is 9.99. The van der Waals surface area contributed by atoms with Gasteiger partial charge in [0.25, 0.3) is 0 Å². The molecule has 2 heterocycles. The Balaban J connectivity index is 1.90. The molecule has 6 nitrogen and oxygen atoms in total. The summed E-state index contributed by atoms with van der Waals surface area (Å²) in [5.41, 5.74) is 2.53. The minimum Gasteiger partial charge on any atom is -0.273 e. The van der Waals surface area contributed by atoms with Crippen LogP contribution >= 0.6 is 11.3 Å². The van der Waals surface area contributed by atoms with Gasteiger partial charge in [-0.3, -0.25) is 4.79 Å². The van der Waals surface area contributed by atoms with Crippen LogP contribution in [0, 0.1) is 5.92 Å². The SMILES string of the molecule is CCc1ccc(/C=N\NC(=O)[C@@H]2CCCN(S(=O)(=O)CC)C2)s1. The summed E-state index contributed by atoms with van der Waals surface area (Å²) in [4.78, 5) is 14.4. The third kappa shape index (κ3) is 4.86. The van der Waals surface area contributed by atoms with Crippen molar-refractivity contribution >= 4 is 33.5 Å². The van der Waals surface area contributed by atoms with Crippen LogP contribution in [0.3, 0.4) is 0 Å². The largest absolute Gasteiger partial charge is 0.273 e. The van der Waals surface area contributed by atoms with Crippen molar-refractivity contribution in [2.45, 2.75) is 33.1 Å². The summed E-state index contributed by atoms with van der Waals surface area (Å²) in [6, 6.07) is 4.01. The minimum atomic E-state index is -3.23. The molecule has 1 aromatic rings. The monoisotopic (exact) mass is 357 g/mol. The molecular weight excluding hydrogens is 334 g/mol. The maximum Gasteiger partial charge on any atom is 0.244 e. The summed E-state index contributed by atoms with van der Waals surface area (Å²) in [5, 5.41) is 3.99. The van der Waals surface area contributed by atoms with Crippen LogP contribution in [0.25, 0.3) is 0 Å². The van der Waals surface area contributed by atoms with E-state index in [2.05, 4.69) is 17.5 Å². The highest BCUT2D eigenvalue weighted by Crippen LogP contribution is 2.19. The molecule has 1 aliphatic rings. The number of carbonyl (C=O) groups is 1. The van der Waals surface area contributed by atoms with Crippen LogP contribution in [-0.2, 0) is 21.2 Å². The van der Waals surface area contributed by atoms with E-state index in [1.807, 2.05) is 12.1 Å². The van der Waals surface area contributed by atoms with Crippen LogP contribution in [-0.4, -0.2) is 43.7 Å². The minimum absolute atomic E-state index is 0.0671. The molecule has 1 aliphatic heterocycles. The van der Waals surface area contributed by atoms with Crippen LogP contribution < -0.4 is 5.43 Å². The van der Waals surface area contributed by atoms with Crippen molar-refractivity contribution < 1.29 is 13.2 Å². The Morgan fingerprint density at radius 3 is 2.91 bits per heavy atom. The molecule has 0 aliphatic carbocycles. The fourth-order valence-electron chi connectivity index (χ4n) is 2.50. The van der Waals surface area contributed by atoms with Gasteiger partial charge in [0, 0.05) is 22.8 Å². The van der Waals surface area contributed by atoms with Crippen LogP contribution in [0.15, 0.2) is 17.2 Å². The molecule has 0 aromatic carbocycles. The number of hydrogen-bond acceptors (Lipinski definition) is 5. The zero-order valence-electron chi connectivity index (χ0n) is 13.5. The second-order valence-corrected chi connectivity index (χ2v) is 8.95. The maximum absolute atomic E-state index is 12.2. The molecule has 1 amide bonds. The first kappa shape index (κ1) is 18.1. The van der Waals surface area contributed by atoms with Crippen molar-refractivity contribution in [1.82, 2.24) is 9.73 Å². The van der Waals surface area contributed by atoms with Gasteiger partial charge in [-0.1, -0.05) is 6.92 Å². The molecule has 2 rings (SSSR count). The average Bonchev–Trinajstić information content (AvgIpc) is 3.03. The fraction of sp³-hybridized carbons (Fsp3) is 0.600. The Labute approximate surface area is 141 Å². The van der Waals surface area contributed by atoms with Crippen LogP contribution in [0.4, 0.5) is 0 Å². The zero-order valence-corrected chi connectivity index (χ0v) is 15.1. The molecule has 1 fully saturated rings. The highest BCUT2D eigenvalue weighted by Gasteiger charge is 2.31. The molecule has 128 valence electrons. The van der Waals surface area contributed by atoms with Crippen molar-refractivity contribution in [2.24, 2.45) is 11.0 Å². The maximum atomic E-state index is 12.2. The molecule has 1 atom stereocenters. The number of piperidine rings is 1. The lowest BCUT2D eigenvalue weighted by Gasteiger charge is -2.30. The zero-order chi connectivity index (χ0) is 16.9. The predicted octanol–water partition coefficient (Wildman–Crippen LogP) is 1.82. The molecule has 8 heteroatoms. The number of hydrogen-bond donors (Lipinski definition) is 1.